The predicted octanol–water partition coefficient (Wildman–Crippen LogP) is 4.34. The van der Waals surface area contributed by atoms with Crippen LogP contribution in [0.15, 0.2) is 46.9 Å². The Bertz CT molecular complexity index is 1100. The Labute approximate surface area is 167 Å². The van der Waals surface area contributed by atoms with Crippen molar-refractivity contribution in [2.45, 2.75) is 33.2 Å². The quantitative estimate of drug-likeness (QED) is 0.718. The molecule has 0 saturated carbocycles. The van der Waals surface area contributed by atoms with E-state index >= 15 is 0 Å². The maximum absolute atomic E-state index is 13.1. The maximum atomic E-state index is 13.1. The van der Waals surface area contributed by atoms with Crippen LogP contribution in [-0.4, -0.2) is 22.8 Å². The van der Waals surface area contributed by atoms with Gasteiger partial charge in [-0.05, 0) is 68.3 Å². The fraction of sp³-hybridized carbons (Fsp3) is 0.227. The van der Waals surface area contributed by atoms with Crippen molar-refractivity contribution in [1.82, 2.24) is 4.98 Å². The molecule has 0 saturated heterocycles. The summed E-state index contributed by atoms with van der Waals surface area (Å²) in [5, 5.41) is 2.84. The Morgan fingerprint density at radius 1 is 1.21 bits per heavy atom. The largest absolute Gasteiger partial charge is 0.441 e. The SMILES string of the molecule is CC(=O)N1c2ccc(NC(=O)c3nc(-c4ccc(F)cc4)oc3C)cc2C[C@H]1C. The minimum atomic E-state index is -0.394. The second-order valence-electron chi connectivity index (χ2n) is 7.17. The molecule has 0 radical (unpaired) electrons. The van der Waals surface area contributed by atoms with Crippen LogP contribution in [0.1, 0.15) is 35.7 Å². The van der Waals surface area contributed by atoms with Gasteiger partial charge in [-0.15, -0.1) is 0 Å². The number of carbonyl (C=O) groups is 2. The van der Waals surface area contributed by atoms with E-state index in [0.29, 0.717) is 17.0 Å². The first-order chi connectivity index (χ1) is 13.8. The molecule has 2 heterocycles. The molecule has 0 unspecified atom stereocenters. The Morgan fingerprint density at radius 3 is 2.62 bits per heavy atom. The smallest absolute Gasteiger partial charge is 0.277 e. The van der Waals surface area contributed by atoms with E-state index in [1.165, 1.54) is 12.1 Å². The molecule has 6 nitrogen and oxygen atoms in total. The number of nitrogens with zero attached hydrogens (tertiary/aromatic N) is 2. The van der Waals surface area contributed by atoms with Crippen molar-refractivity contribution in [2.75, 3.05) is 10.2 Å². The third-order valence-corrected chi connectivity index (χ3v) is 5.00. The molecular weight excluding hydrogens is 373 g/mol. The molecule has 7 heteroatoms. The number of amides is 2. The molecule has 1 aliphatic rings. The zero-order valence-electron chi connectivity index (χ0n) is 16.3. The number of hydrogen-bond donors (Lipinski definition) is 1. The summed E-state index contributed by atoms with van der Waals surface area (Å²) in [4.78, 5) is 30.6. The number of oxazole rings is 1. The Balaban J connectivity index is 1.56. The van der Waals surface area contributed by atoms with Crippen LogP contribution in [0.4, 0.5) is 15.8 Å². The number of nitrogens with one attached hydrogen (secondary N) is 1. The minimum Gasteiger partial charge on any atom is -0.441 e. The summed E-state index contributed by atoms with van der Waals surface area (Å²) in [7, 11) is 0. The predicted molar refractivity (Wildman–Crippen MR) is 107 cm³/mol. The highest BCUT2D eigenvalue weighted by atomic mass is 19.1. The van der Waals surface area contributed by atoms with Gasteiger partial charge >= 0.3 is 0 Å². The number of halogens is 1. The van der Waals surface area contributed by atoms with Crippen LogP contribution in [0.2, 0.25) is 0 Å². The monoisotopic (exact) mass is 393 g/mol. The van der Waals surface area contributed by atoms with E-state index in [2.05, 4.69) is 10.3 Å². The summed E-state index contributed by atoms with van der Waals surface area (Å²) in [6, 6.07) is 11.3. The number of rotatable bonds is 3. The van der Waals surface area contributed by atoms with Crippen LogP contribution >= 0.6 is 0 Å². The van der Waals surface area contributed by atoms with Gasteiger partial charge in [0.15, 0.2) is 5.69 Å². The van der Waals surface area contributed by atoms with Crippen LogP contribution in [0, 0.1) is 12.7 Å². The molecule has 0 aliphatic carbocycles. The molecule has 1 N–H and O–H groups in total. The number of aromatic nitrogens is 1. The number of benzene rings is 2. The highest BCUT2D eigenvalue weighted by Crippen LogP contribution is 2.34. The topological polar surface area (TPSA) is 75.4 Å². The molecular formula is C22H20FN3O3. The lowest BCUT2D eigenvalue weighted by molar-refractivity contribution is -0.116. The van der Waals surface area contributed by atoms with Crippen LogP contribution < -0.4 is 10.2 Å². The summed E-state index contributed by atoms with van der Waals surface area (Å²) in [5.74, 6) is -0.121. The molecule has 0 bridgehead atoms. The molecule has 1 aromatic heterocycles. The molecule has 3 aromatic rings. The second kappa shape index (κ2) is 7.16. The van der Waals surface area contributed by atoms with Crippen molar-refractivity contribution >= 4 is 23.2 Å². The third-order valence-electron chi connectivity index (χ3n) is 5.00. The van der Waals surface area contributed by atoms with E-state index < -0.39 is 5.91 Å². The number of anilines is 2. The van der Waals surface area contributed by atoms with Gasteiger partial charge in [0, 0.05) is 29.9 Å². The third kappa shape index (κ3) is 3.51. The van der Waals surface area contributed by atoms with E-state index in [1.54, 1.807) is 36.9 Å². The first kappa shape index (κ1) is 18.9. The summed E-state index contributed by atoms with van der Waals surface area (Å²) >= 11 is 0. The molecule has 29 heavy (non-hydrogen) atoms. The molecule has 1 atom stereocenters. The van der Waals surface area contributed by atoms with Crippen LogP contribution in [-0.2, 0) is 11.2 Å². The van der Waals surface area contributed by atoms with Crippen molar-refractivity contribution in [3.63, 3.8) is 0 Å². The van der Waals surface area contributed by atoms with E-state index in [4.69, 9.17) is 4.42 Å². The lowest BCUT2D eigenvalue weighted by Crippen LogP contribution is -2.33. The average Bonchev–Trinajstić information content (AvgIpc) is 3.21. The van der Waals surface area contributed by atoms with Crippen LogP contribution in [0.3, 0.4) is 0 Å². The lowest BCUT2D eigenvalue weighted by atomic mass is 10.1. The first-order valence-corrected chi connectivity index (χ1v) is 9.31. The molecule has 4 rings (SSSR count). The van der Waals surface area contributed by atoms with Gasteiger partial charge in [-0.25, -0.2) is 9.37 Å². The molecule has 148 valence electrons. The normalized spacial score (nSPS) is 15.3. The Hall–Kier alpha value is -3.48. The standard InChI is InChI=1S/C22H20FN3O3/c1-12-10-16-11-18(8-9-19(16)26(12)14(3)27)24-21(28)20-13(2)29-22(25-20)15-4-6-17(23)7-5-15/h4-9,11-12H,10H2,1-3H3,(H,24,28)/t12-/m1/s1. The lowest BCUT2D eigenvalue weighted by Gasteiger charge is -2.20. The fourth-order valence-corrected chi connectivity index (χ4v) is 3.70. The summed E-state index contributed by atoms with van der Waals surface area (Å²) < 4.78 is 18.7. The van der Waals surface area contributed by atoms with Crippen molar-refractivity contribution in [3.8, 4) is 11.5 Å². The average molecular weight is 393 g/mol. The highest BCUT2D eigenvalue weighted by Gasteiger charge is 2.29. The van der Waals surface area contributed by atoms with Crippen molar-refractivity contribution in [3.05, 3.63) is 65.3 Å². The number of fused-ring (bicyclic) bond motifs is 1. The Kier molecular flexibility index (Phi) is 4.66. The van der Waals surface area contributed by atoms with E-state index in [-0.39, 0.29) is 29.4 Å². The zero-order chi connectivity index (χ0) is 20.7. The van der Waals surface area contributed by atoms with Gasteiger partial charge in [-0.3, -0.25) is 9.59 Å². The van der Waals surface area contributed by atoms with Gasteiger partial charge in [0.1, 0.15) is 11.6 Å². The summed E-state index contributed by atoms with van der Waals surface area (Å²) in [6.45, 7) is 5.20. The molecule has 2 amide bonds. The fourth-order valence-electron chi connectivity index (χ4n) is 3.70. The van der Waals surface area contributed by atoms with Gasteiger partial charge in [0.2, 0.25) is 11.8 Å². The van der Waals surface area contributed by atoms with E-state index in [1.807, 2.05) is 19.1 Å². The number of carbonyl (C=O) groups excluding carboxylic acids is 2. The van der Waals surface area contributed by atoms with Gasteiger partial charge in [-0.1, -0.05) is 0 Å². The number of hydrogen-bond acceptors (Lipinski definition) is 4. The van der Waals surface area contributed by atoms with Crippen molar-refractivity contribution < 1.29 is 18.4 Å². The molecule has 0 spiro atoms. The molecule has 1 aliphatic heterocycles. The van der Waals surface area contributed by atoms with Gasteiger partial charge in [0.05, 0.1) is 0 Å². The summed E-state index contributed by atoms with van der Waals surface area (Å²) in [6.07, 6.45) is 0.732. The van der Waals surface area contributed by atoms with Gasteiger partial charge in [0.25, 0.3) is 5.91 Å². The molecule has 0 fully saturated rings. The van der Waals surface area contributed by atoms with Gasteiger partial charge < -0.3 is 14.6 Å². The van der Waals surface area contributed by atoms with Crippen molar-refractivity contribution in [2.24, 2.45) is 0 Å². The zero-order valence-corrected chi connectivity index (χ0v) is 16.3. The second-order valence-corrected chi connectivity index (χ2v) is 7.17. The van der Waals surface area contributed by atoms with E-state index in [0.717, 1.165) is 17.7 Å². The Morgan fingerprint density at radius 2 is 1.93 bits per heavy atom. The van der Waals surface area contributed by atoms with Crippen LogP contribution in [0.25, 0.3) is 11.5 Å². The highest BCUT2D eigenvalue weighted by molar-refractivity contribution is 6.04. The number of aryl methyl sites for hydroxylation is 1. The van der Waals surface area contributed by atoms with Crippen LogP contribution in [0.5, 0.6) is 0 Å². The molecule has 2 aromatic carbocycles. The first-order valence-electron chi connectivity index (χ1n) is 9.31. The summed E-state index contributed by atoms with van der Waals surface area (Å²) in [5.41, 5.74) is 3.26. The maximum Gasteiger partial charge on any atom is 0.277 e. The minimum absolute atomic E-state index is 0.000389. The van der Waals surface area contributed by atoms with E-state index in [9.17, 15) is 14.0 Å². The van der Waals surface area contributed by atoms with Crippen molar-refractivity contribution in [1.29, 1.82) is 0 Å². The van der Waals surface area contributed by atoms with Gasteiger partial charge in [-0.2, -0.15) is 0 Å².